The summed E-state index contributed by atoms with van der Waals surface area (Å²) in [7, 11) is 1.76. The summed E-state index contributed by atoms with van der Waals surface area (Å²) in [6, 6.07) is 16.6. The van der Waals surface area contributed by atoms with Gasteiger partial charge in [0.1, 0.15) is 12.1 Å². The first kappa shape index (κ1) is 21.4. The van der Waals surface area contributed by atoms with Crippen molar-refractivity contribution >= 4 is 5.96 Å². The molecule has 0 bridgehead atoms. The summed E-state index contributed by atoms with van der Waals surface area (Å²) < 4.78 is 7.77. The highest BCUT2D eigenvalue weighted by Gasteiger charge is 2.08. The predicted octanol–water partition coefficient (Wildman–Crippen LogP) is 4.07. The van der Waals surface area contributed by atoms with Crippen LogP contribution in [0.5, 0.6) is 0 Å². The van der Waals surface area contributed by atoms with Crippen LogP contribution >= 0.6 is 0 Å². The third-order valence-corrected chi connectivity index (χ3v) is 5.24. The van der Waals surface area contributed by atoms with E-state index in [0.717, 1.165) is 23.6 Å². The number of rotatable bonds is 7. The fourth-order valence-electron chi connectivity index (χ4n) is 3.40. The zero-order valence-electron chi connectivity index (χ0n) is 18.7. The molecule has 0 radical (unpaired) electrons. The maximum atomic E-state index is 5.63. The molecule has 0 fully saturated rings. The monoisotopic (exact) mass is 428 g/mol. The Morgan fingerprint density at radius 1 is 1.03 bits per heavy atom. The fraction of sp³-hybridized carbons (Fsp3) is 0.240. The molecule has 0 aliphatic rings. The third kappa shape index (κ3) is 5.43. The topological polar surface area (TPSA) is 80.3 Å². The maximum absolute atomic E-state index is 5.63. The highest BCUT2D eigenvalue weighted by atomic mass is 16.3. The van der Waals surface area contributed by atoms with E-state index in [4.69, 9.17) is 4.42 Å². The zero-order valence-corrected chi connectivity index (χ0v) is 18.7. The number of aromatic nitrogens is 3. The summed E-state index contributed by atoms with van der Waals surface area (Å²) in [5.41, 5.74) is 5.42. The van der Waals surface area contributed by atoms with Gasteiger partial charge in [0.25, 0.3) is 0 Å². The van der Waals surface area contributed by atoms with Gasteiger partial charge in [-0.15, -0.1) is 0 Å². The lowest BCUT2D eigenvalue weighted by molar-refractivity contribution is 0.572. The standard InChI is InChI=1S/C25H28N6O/c1-18-7-9-22(10-8-18)24-30-23(17-32-24)15-29-25(26-3)28-14-20-5-4-6-21(13-20)16-31-12-11-27-19(31)2/h4-13,17H,14-16H2,1-3H3,(H2,26,28,29). The summed E-state index contributed by atoms with van der Waals surface area (Å²) >= 11 is 0. The normalized spacial score (nSPS) is 11.5. The molecule has 0 aliphatic carbocycles. The molecular formula is C25H28N6O. The molecule has 0 unspecified atom stereocenters. The van der Waals surface area contributed by atoms with Gasteiger partial charge in [-0.2, -0.15) is 0 Å². The van der Waals surface area contributed by atoms with Crippen LogP contribution in [-0.2, 0) is 19.6 Å². The number of hydrogen-bond donors (Lipinski definition) is 2. The Balaban J connectivity index is 1.30. The summed E-state index contributed by atoms with van der Waals surface area (Å²) in [5.74, 6) is 2.34. The summed E-state index contributed by atoms with van der Waals surface area (Å²) in [6.45, 7) is 6.07. The van der Waals surface area contributed by atoms with Crippen molar-refractivity contribution in [1.82, 2.24) is 25.2 Å². The van der Waals surface area contributed by atoms with Gasteiger partial charge in [-0.05, 0) is 37.1 Å². The Hall–Kier alpha value is -3.87. The van der Waals surface area contributed by atoms with Crippen LogP contribution in [0.1, 0.15) is 28.2 Å². The lowest BCUT2D eigenvalue weighted by Gasteiger charge is -2.12. The number of benzene rings is 2. The van der Waals surface area contributed by atoms with Gasteiger partial charge in [0.05, 0.1) is 12.2 Å². The van der Waals surface area contributed by atoms with Crippen molar-refractivity contribution < 1.29 is 4.42 Å². The van der Waals surface area contributed by atoms with Crippen LogP contribution in [0.15, 0.2) is 76.6 Å². The van der Waals surface area contributed by atoms with Gasteiger partial charge < -0.3 is 19.6 Å². The van der Waals surface area contributed by atoms with Crippen molar-refractivity contribution in [2.75, 3.05) is 7.05 Å². The van der Waals surface area contributed by atoms with Crippen LogP contribution in [0.2, 0.25) is 0 Å². The van der Waals surface area contributed by atoms with Crippen molar-refractivity contribution in [3.8, 4) is 11.5 Å². The smallest absolute Gasteiger partial charge is 0.226 e. The molecule has 7 heteroatoms. The first-order valence-corrected chi connectivity index (χ1v) is 10.6. The van der Waals surface area contributed by atoms with Gasteiger partial charge in [0, 0.05) is 38.1 Å². The third-order valence-electron chi connectivity index (χ3n) is 5.24. The van der Waals surface area contributed by atoms with Crippen LogP contribution in [0.4, 0.5) is 0 Å². The van der Waals surface area contributed by atoms with Gasteiger partial charge in [0.2, 0.25) is 5.89 Å². The predicted molar refractivity (Wildman–Crippen MR) is 126 cm³/mol. The van der Waals surface area contributed by atoms with Gasteiger partial charge in [-0.3, -0.25) is 4.99 Å². The quantitative estimate of drug-likeness (QED) is 0.343. The molecular weight excluding hydrogens is 400 g/mol. The van der Waals surface area contributed by atoms with Gasteiger partial charge >= 0.3 is 0 Å². The summed E-state index contributed by atoms with van der Waals surface area (Å²) in [6.07, 6.45) is 5.51. The fourth-order valence-corrected chi connectivity index (χ4v) is 3.40. The molecule has 0 atom stereocenters. The van der Waals surface area contributed by atoms with E-state index >= 15 is 0 Å². The summed E-state index contributed by atoms with van der Waals surface area (Å²) in [5, 5.41) is 6.65. The number of nitrogens with zero attached hydrogens (tertiary/aromatic N) is 4. The molecule has 4 aromatic rings. The molecule has 2 aromatic carbocycles. The number of imidazole rings is 1. The number of guanidine groups is 1. The molecule has 2 heterocycles. The molecule has 4 rings (SSSR count). The minimum absolute atomic E-state index is 0.523. The van der Waals surface area contributed by atoms with Crippen LogP contribution in [-0.4, -0.2) is 27.5 Å². The van der Waals surface area contributed by atoms with Crippen molar-refractivity contribution in [1.29, 1.82) is 0 Å². The SMILES string of the molecule is CN=C(NCc1cccc(Cn2ccnc2C)c1)NCc1coc(-c2ccc(C)cc2)n1. The molecule has 164 valence electrons. The largest absolute Gasteiger partial charge is 0.444 e. The Labute approximate surface area is 188 Å². The van der Waals surface area contributed by atoms with E-state index in [0.29, 0.717) is 24.9 Å². The minimum Gasteiger partial charge on any atom is -0.444 e. The van der Waals surface area contributed by atoms with E-state index in [1.165, 1.54) is 16.7 Å². The number of aryl methyl sites for hydroxylation is 2. The number of oxazole rings is 1. The van der Waals surface area contributed by atoms with E-state index in [-0.39, 0.29) is 0 Å². The van der Waals surface area contributed by atoms with E-state index < -0.39 is 0 Å². The molecule has 0 spiro atoms. The van der Waals surface area contributed by atoms with Crippen molar-refractivity contribution in [2.45, 2.75) is 33.5 Å². The lowest BCUT2D eigenvalue weighted by Crippen LogP contribution is -2.36. The second-order valence-electron chi connectivity index (χ2n) is 7.71. The van der Waals surface area contributed by atoms with Crippen LogP contribution in [0, 0.1) is 13.8 Å². The second kappa shape index (κ2) is 9.96. The van der Waals surface area contributed by atoms with E-state index in [1.54, 1.807) is 13.3 Å². The number of nitrogens with one attached hydrogen (secondary N) is 2. The van der Waals surface area contributed by atoms with Gasteiger partial charge in [-0.25, -0.2) is 9.97 Å². The van der Waals surface area contributed by atoms with Crippen molar-refractivity contribution in [3.05, 3.63) is 95.4 Å². The lowest BCUT2D eigenvalue weighted by atomic mass is 10.1. The molecule has 32 heavy (non-hydrogen) atoms. The van der Waals surface area contributed by atoms with E-state index in [2.05, 4.69) is 73.5 Å². The average molecular weight is 429 g/mol. The molecule has 0 saturated carbocycles. The molecule has 7 nitrogen and oxygen atoms in total. The second-order valence-corrected chi connectivity index (χ2v) is 7.71. The van der Waals surface area contributed by atoms with E-state index in [1.807, 2.05) is 31.5 Å². The molecule has 0 saturated heterocycles. The maximum Gasteiger partial charge on any atom is 0.226 e. The van der Waals surface area contributed by atoms with Crippen LogP contribution in [0.25, 0.3) is 11.5 Å². The van der Waals surface area contributed by atoms with Crippen LogP contribution in [0.3, 0.4) is 0 Å². The van der Waals surface area contributed by atoms with E-state index in [9.17, 15) is 0 Å². The summed E-state index contributed by atoms with van der Waals surface area (Å²) in [4.78, 5) is 13.2. The van der Waals surface area contributed by atoms with Crippen molar-refractivity contribution in [2.24, 2.45) is 4.99 Å². The number of aliphatic imine (C=N–C) groups is 1. The Morgan fingerprint density at radius 2 is 1.81 bits per heavy atom. The molecule has 0 aliphatic heterocycles. The van der Waals surface area contributed by atoms with Gasteiger partial charge in [-0.1, -0.05) is 42.0 Å². The van der Waals surface area contributed by atoms with Gasteiger partial charge in [0.15, 0.2) is 5.96 Å². The molecule has 2 aromatic heterocycles. The minimum atomic E-state index is 0.523. The molecule has 0 amide bonds. The highest BCUT2D eigenvalue weighted by molar-refractivity contribution is 5.79. The van der Waals surface area contributed by atoms with Crippen LogP contribution < -0.4 is 10.6 Å². The Bertz CT molecular complexity index is 1190. The Morgan fingerprint density at radius 3 is 2.56 bits per heavy atom. The average Bonchev–Trinajstić information content (AvgIpc) is 3.44. The first-order chi connectivity index (χ1) is 15.6. The zero-order chi connectivity index (χ0) is 22.3. The van der Waals surface area contributed by atoms with Crippen molar-refractivity contribution in [3.63, 3.8) is 0 Å². The highest BCUT2D eigenvalue weighted by Crippen LogP contribution is 2.19. The Kier molecular flexibility index (Phi) is 6.65. The first-order valence-electron chi connectivity index (χ1n) is 10.6. The molecule has 2 N–H and O–H groups in total. The number of hydrogen-bond acceptors (Lipinski definition) is 4.